The third-order valence-corrected chi connectivity index (χ3v) is 4.13. The first-order chi connectivity index (χ1) is 13.9. The second-order valence-electron chi connectivity index (χ2n) is 6.58. The summed E-state index contributed by atoms with van der Waals surface area (Å²) in [5, 5.41) is -0.0744. The van der Waals surface area contributed by atoms with Gasteiger partial charge in [0.1, 0.15) is 13.2 Å². The molecule has 1 aliphatic rings. The third kappa shape index (κ3) is 8.42. The van der Waals surface area contributed by atoms with E-state index in [2.05, 4.69) is 13.2 Å². The summed E-state index contributed by atoms with van der Waals surface area (Å²) in [5.41, 5.74) is 1.18. The van der Waals surface area contributed by atoms with Crippen LogP contribution in [0.15, 0.2) is 47.1 Å². The number of halogens is 2. The van der Waals surface area contributed by atoms with E-state index < -0.39 is 42.0 Å². The van der Waals surface area contributed by atoms with Crippen LogP contribution in [-0.2, 0) is 38.1 Å². The molecule has 0 saturated carbocycles. The molecule has 1 unspecified atom stereocenters. The van der Waals surface area contributed by atoms with Gasteiger partial charge in [0.05, 0.1) is 5.57 Å². The van der Waals surface area contributed by atoms with E-state index >= 15 is 0 Å². The van der Waals surface area contributed by atoms with E-state index in [1.54, 1.807) is 13.8 Å². The number of carbonyl (C=O) groups is 4. The molecule has 0 aromatic rings. The predicted molar refractivity (Wildman–Crippen MR) is 109 cm³/mol. The molecule has 10 heteroatoms. The van der Waals surface area contributed by atoms with Crippen LogP contribution in [0, 0.1) is 0 Å². The summed E-state index contributed by atoms with van der Waals surface area (Å²) in [6, 6.07) is 0. The molecule has 0 aromatic heterocycles. The number of ether oxygens (including phenoxy) is 4. The van der Waals surface area contributed by atoms with Crippen LogP contribution in [0.4, 0.5) is 0 Å². The zero-order valence-electron chi connectivity index (χ0n) is 16.6. The zero-order valence-corrected chi connectivity index (χ0v) is 18.1. The minimum atomic E-state index is -1.71. The maximum Gasteiger partial charge on any atom is 0.344 e. The standard InChI is InChI=1S/C20H22Cl2O8/c1-12(2)8-27-16(23)10-29-18(25)14-5-6-20(22,7-15(14)21)19(26)30-11-17(24)28-9-13(3)4/h5-6H,1,3,7-11H2,2,4H3. The number of esters is 4. The molecule has 0 heterocycles. The third-order valence-electron chi connectivity index (χ3n) is 3.38. The Hall–Kier alpha value is -2.58. The van der Waals surface area contributed by atoms with Crippen molar-refractivity contribution in [2.45, 2.75) is 25.1 Å². The molecule has 0 aliphatic heterocycles. The first-order valence-corrected chi connectivity index (χ1v) is 9.41. The van der Waals surface area contributed by atoms with Crippen molar-refractivity contribution in [2.24, 2.45) is 0 Å². The maximum absolute atomic E-state index is 12.2. The van der Waals surface area contributed by atoms with E-state index in [4.69, 9.17) is 42.1 Å². The Balaban J connectivity index is 2.59. The van der Waals surface area contributed by atoms with Crippen molar-refractivity contribution in [1.29, 1.82) is 0 Å². The zero-order chi connectivity index (χ0) is 22.9. The fraction of sp³-hybridized carbons (Fsp3) is 0.400. The molecule has 1 aliphatic carbocycles. The smallest absolute Gasteiger partial charge is 0.344 e. The molecule has 0 fully saturated rings. The van der Waals surface area contributed by atoms with Crippen molar-refractivity contribution < 1.29 is 38.1 Å². The van der Waals surface area contributed by atoms with Gasteiger partial charge in [-0.25, -0.2) is 19.2 Å². The van der Waals surface area contributed by atoms with E-state index in [1.165, 1.54) is 12.2 Å². The lowest BCUT2D eigenvalue weighted by molar-refractivity contribution is -0.159. The predicted octanol–water partition coefficient (Wildman–Crippen LogP) is 2.74. The molecule has 0 aromatic carbocycles. The normalized spacial score (nSPS) is 17.7. The Labute approximate surface area is 184 Å². The van der Waals surface area contributed by atoms with E-state index in [1.807, 2.05) is 0 Å². The summed E-state index contributed by atoms with van der Waals surface area (Å²) < 4.78 is 19.3. The second-order valence-corrected chi connectivity index (χ2v) is 7.71. The highest BCUT2D eigenvalue weighted by atomic mass is 35.5. The molecule has 0 saturated heterocycles. The lowest BCUT2D eigenvalue weighted by Gasteiger charge is -2.24. The summed E-state index contributed by atoms with van der Waals surface area (Å²) in [5.74, 6) is -3.35. The molecular weight excluding hydrogens is 439 g/mol. The van der Waals surface area contributed by atoms with Gasteiger partial charge in [-0.05, 0) is 31.1 Å². The molecule has 1 rings (SSSR count). The van der Waals surface area contributed by atoms with Crippen molar-refractivity contribution in [2.75, 3.05) is 26.4 Å². The first-order valence-electron chi connectivity index (χ1n) is 8.65. The van der Waals surface area contributed by atoms with Gasteiger partial charge in [0.15, 0.2) is 18.1 Å². The first kappa shape index (κ1) is 25.5. The summed E-state index contributed by atoms with van der Waals surface area (Å²) in [6.45, 7) is 9.24. The van der Waals surface area contributed by atoms with Crippen molar-refractivity contribution in [3.8, 4) is 0 Å². The van der Waals surface area contributed by atoms with Gasteiger partial charge < -0.3 is 18.9 Å². The average Bonchev–Trinajstić information content (AvgIpc) is 2.66. The second kappa shape index (κ2) is 11.6. The highest BCUT2D eigenvalue weighted by molar-refractivity contribution is 6.39. The van der Waals surface area contributed by atoms with Gasteiger partial charge in [0, 0.05) is 11.5 Å². The number of carbonyl (C=O) groups excluding carboxylic acids is 4. The Morgan fingerprint density at radius 1 is 0.933 bits per heavy atom. The van der Waals surface area contributed by atoms with Crippen LogP contribution in [-0.4, -0.2) is 55.2 Å². The maximum atomic E-state index is 12.2. The van der Waals surface area contributed by atoms with Gasteiger partial charge in [-0.3, -0.25) is 0 Å². The Kier molecular flexibility index (Phi) is 9.81. The number of hydrogen-bond acceptors (Lipinski definition) is 8. The fourth-order valence-electron chi connectivity index (χ4n) is 1.94. The molecule has 0 spiro atoms. The van der Waals surface area contributed by atoms with Crippen molar-refractivity contribution >= 4 is 47.1 Å². The molecule has 30 heavy (non-hydrogen) atoms. The summed E-state index contributed by atoms with van der Waals surface area (Å²) in [7, 11) is 0. The molecule has 0 bridgehead atoms. The van der Waals surface area contributed by atoms with Gasteiger partial charge in [-0.2, -0.15) is 0 Å². The number of rotatable bonds is 10. The summed E-state index contributed by atoms with van der Waals surface area (Å²) in [4.78, 5) is 45.6. The van der Waals surface area contributed by atoms with Crippen LogP contribution < -0.4 is 0 Å². The Bertz CT molecular complexity index is 812. The molecule has 1 atom stereocenters. The lowest BCUT2D eigenvalue weighted by atomic mass is 9.95. The van der Waals surface area contributed by atoms with Gasteiger partial charge >= 0.3 is 23.9 Å². The van der Waals surface area contributed by atoms with Crippen LogP contribution in [0.2, 0.25) is 0 Å². The number of allylic oxidation sites excluding steroid dienone is 1. The van der Waals surface area contributed by atoms with Crippen LogP contribution in [0.1, 0.15) is 20.3 Å². The van der Waals surface area contributed by atoms with Gasteiger partial charge in [-0.15, -0.1) is 11.6 Å². The highest BCUT2D eigenvalue weighted by Crippen LogP contribution is 2.36. The summed E-state index contributed by atoms with van der Waals surface area (Å²) >= 11 is 12.3. The fourth-order valence-corrected chi connectivity index (χ4v) is 2.61. The van der Waals surface area contributed by atoms with Crippen LogP contribution in [0.5, 0.6) is 0 Å². The highest BCUT2D eigenvalue weighted by Gasteiger charge is 2.40. The van der Waals surface area contributed by atoms with Gasteiger partial charge in [0.25, 0.3) is 0 Å². The topological polar surface area (TPSA) is 105 Å². The minimum absolute atomic E-state index is 0.00306. The van der Waals surface area contributed by atoms with Crippen LogP contribution >= 0.6 is 23.2 Å². The van der Waals surface area contributed by atoms with E-state index in [0.717, 1.165) is 0 Å². The van der Waals surface area contributed by atoms with Crippen molar-refractivity contribution in [1.82, 2.24) is 0 Å². The SMILES string of the molecule is C=C(C)COC(=O)COC(=O)C1=C(Cl)CC(Cl)(C(=O)OCC(=O)OCC(=C)C)C=C1. The lowest BCUT2D eigenvalue weighted by Crippen LogP contribution is -2.36. The monoisotopic (exact) mass is 460 g/mol. The Morgan fingerprint density at radius 2 is 1.43 bits per heavy atom. The van der Waals surface area contributed by atoms with Crippen LogP contribution in [0.25, 0.3) is 0 Å². The molecule has 0 amide bonds. The molecule has 164 valence electrons. The molecule has 0 radical (unpaired) electrons. The molecular formula is C20H22Cl2O8. The quantitative estimate of drug-likeness (QED) is 0.212. The van der Waals surface area contributed by atoms with Crippen LogP contribution in [0.3, 0.4) is 0 Å². The van der Waals surface area contributed by atoms with Crippen molar-refractivity contribution in [3.63, 3.8) is 0 Å². The Morgan fingerprint density at radius 3 is 1.90 bits per heavy atom. The van der Waals surface area contributed by atoms with E-state index in [0.29, 0.717) is 11.1 Å². The molecule has 8 nitrogen and oxygen atoms in total. The van der Waals surface area contributed by atoms with E-state index in [9.17, 15) is 19.2 Å². The summed E-state index contributed by atoms with van der Waals surface area (Å²) in [6.07, 6.45) is 2.09. The average molecular weight is 461 g/mol. The largest absolute Gasteiger partial charge is 0.459 e. The van der Waals surface area contributed by atoms with Gasteiger partial charge in [0.2, 0.25) is 0 Å². The molecule has 0 N–H and O–H groups in total. The van der Waals surface area contributed by atoms with E-state index in [-0.39, 0.29) is 30.2 Å². The van der Waals surface area contributed by atoms with Crippen molar-refractivity contribution in [3.05, 3.63) is 47.1 Å². The minimum Gasteiger partial charge on any atom is -0.459 e. The number of hydrogen-bond donors (Lipinski definition) is 0. The van der Waals surface area contributed by atoms with Gasteiger partial charge in [-0.1, -0.05) is 30.8 Å². The number of alkyl halides is 1.